The third-order valence-electron chi connectivity index (χ3n) is 8.86. The number of thioether (sulfide) groups is 1. The quantitative estimate of drug-likeness (QED) is 0.104. The Labute approximate surface area is 290 Å². The Morgan fingerprint density at radius 2 is 1.44 bits per heavy atom. The van der Waals surface area contributed by atoms with Crippen molar-refractivity contribution in [1.29, 1.82) is 0 Å². The number of aliphatic hydroxyl groups excluding tert-OH is 1. The number of rotatable bonds is 14. The Bertz CT molecular complexity index is 1520. The van der Waals surface area contributed by atoms with Gasteiger partial charge in [-0.3, -0.25) is 0 Å². The van der Waals surface area contributed by atoms with Crippen LogP contribution in [0.3, 0.4) is 0 Å². The van der Waals surface area contributed by atoms with Gasteiger partial charge in [0.15, 0.2) is 0 Å². The van der Waals surface area contributed by atoms with E-state index in [9.17, 15) is 9.90 Å². The zero-order valence-corrected chi connectivity index (χ0v) is 30.0. The summed E-state index contributed by atoms with van der Waals surface area (Å²) in [6.07, 6.45) is 1.18. The average Bonchev–Trinajstić information content (AvgIpc) is 3.10. The van der Waals surface area contributed by atoms with Crippen LogP contribution in [0.5, 0.6) is 11.5 Å². The van der Waals surface area contributed by atoms with Gasteiger partial charge in [0.1, 0.15) is 24.2 Å². The Balaban J connectivity index is 1.07. The van der Waals surface area contributed by atoms with Gasteiger partial charge < -0.3 is 29.6 Å². The minimum Gasteiger partial charge on any atom is -0.534 e. The second kappa shape index (κ2) is 16.6. The van der Waals surface area contributed by atoms with Crippen LogP contribution in [0, 0.1) is 0 Å². The second-order valence-corrected chi connectivity index (χ2v) is 19.0. The third-order valence-corrected chi connectivity index (χ3v) is 15.2. The predicted molar refractivity (Wildman–Crippen MR) is 198 cm³/mol. The van der Waals surface area contributed by atoms with E-state index in [1.165, 1.54) is 25.7 Å². The number of benzene rings is 4. The van der Waals surface area contributed by atoms with Crippen LogP contribution in [-0.2, 0) is 6.42 Å². The van der Waals surface area contributed by atoms with Gasteiger partial charge in [0.25, 0.3) is 0 Å². The first-order valence-electron chi connectivity index (χ1n) is 16.8. The number of piperidine rings is 1. The largest absolute Gasteiger partial charge is 0.534 e. The van der Waals surface area contributed by atoms with Crippen molar-refractivity contribution in [3.8, 4) is 11.5 Å². The molecule has 1 aliphatic heterocycles. The van der Waals surface area contributed by atoms with Crippen molar-refractivity contribution >= 4 is 36.5 Å². The molecule has 48 heavy (non-hydrogen) atoms. The lowest BCUT2D eigenvalue weighted by Gasteiger charge is -2.43. The van der Waals surface area contributed by atoms with Gasteiger partial charge in [0.2, 0.25) is 0 Å². The summed E-state index contributed by atoms with van der Waals surface area (Å²) < 4.78 is 13.0. The highest BCUT2D eigenvalue weighted by Gasteiger charge is 2.52. The minimum atomic E-state index is -2.71. The van der Waals surface area contributed by atoms with E-state index in [0.717, 1.165) is 31.6 Å². The number of carboxylic acid groups (broad SMARTS) is 1. The molecule has 4 aromatic carbocycles. The molecule has 9 heteroatoms. The van der Waals surface area contributed by atoms with E-state index in [2.05, 4.69) is 98.9 Å². The van der Waals surface area contributed by atoms with Crippen molar-refractivity contribution in [3.05, 3.63) is 115 Å². The maximum Gasteiger partial charge on any atom is 0.407 e. The molecule has 0 aliphatic carbocycles. The maximum atomic E-state index is 11.1. The molecule has 3 N–H and O–H groups in total. The summed E-state index contributed by atoms with van der Waals surface area (Å²) in [6.45, 7) is 9.40. The molecule has 1 atom stereocenters. The number of likely N-dealkylation sites (tertiary alicyclic amines) is 1. The van der Waals surface area contributed by atoms with Crippen molar-refractivity contribution in [2.45, 2.75) is 61.3 Å². The van der Waals surface area contributed by atoms with Gasteiger partial charge in [-0.15, -0.1) is 11.8 Å². The van der Waals surface area contributed by atoms with Crippen LogP contribution >= 0.6 is 11.8 Å². The molecule has 0 bridgehead atoms. The SMILES string of the molecule is CC(C)(C)[Si](Oc1ccc(OC[C@@H](O)CNCCc2ccc(SC3CCN(C(=O)O)CC3)cc2)cc1)(c1ccccc1)c1ccccc1. The molecule has 1 aliphatic rings. The summed E-state index contributed by atoms with van der Waals surface area (Å²) >= 11 is 1.84. The molecule has 4 aromatic rings. The first-order chi connectivity index (χ1) is 23.1. The van der Waals surface area contributed by atoms with Crippen LogP contribution in [0.15, 0.2) is 114 Å². The first kappa shape index (κ1) is 35.5. The van der Waals surface area contributed by atoms with Crippen molar-refractivity contribution in [2.24, 2.45) is 0 Å². The van der Waals surface area contributed by atoms with E-state index in [-0.39, 0.29) is 11.6 Å². The van der Waals surface area contributed by atoms with Crippen LogP contribution in [0.1, 0.15) is 39.2 Å². The molecule has 1 saturated heterocycles. The number of nitrogens with one attached hydrogen (secondary N) is 1. The van der Waals surface area contributed by atoms with Gasteiger partial charge in [-0.25, -0.2) is 4.79 Å². The Hall–Kier alpha value is -3.76. The Kier molecular flexibility index (Phi) is 12.3. The number of aliphatic hydroxyl groups is 1. The van der Waals surface area contributed by atoms with Crippen LogP contribution in [-0.4, -0.2) is 73.7 Å². The zero-order valence-electron chi connectivity index (χ0n) is 28.2. The smallest absolute Gasteiger partial charge is 0.407 e. The fourth-order valence-electron chi connectivity index (χ4n) is 6.27. The lowest BCUT2D eigenvalue weighted by atomic mass is 10.1. The standard InChI is InChI=1S/C39H48N2O5SSi/c1-39(2,3)48(36-10-6-4-7-11-36,37-12-8-5-9-13-37)46-33-18-16-32(17-19-33)45-29-31(42)28-40-25-22-30-14-20-34(21-15-30)47-35-23-26-41(27-24-35)38(43)44/h4-21,31,35,40,42H,22-29H2,1-3H3,(H,43,44)/t31-/m0/s1. The van der Waals surface area contributed by atoms with E-state index in [1.807, 2.05) is 48.2 Å². The molecule has 1 heterocycles. The Morgan fingerprint density at radius 3 is 1.98 bits per heavy atom. The van der Waals surface area contributed by atoms with E-state index >= 15 is 0 Å². The van der Waals surface area contributed by atoms with E-state index in [0.29, 0.717) is 30.6 Å². The molecule has 7 nitrogen and oxygen atoms in total. The van der Waals surface area contributed by atoms with Crippen LogP contribution in [0.25, 0.3) is 0 Å². The summed E-state index contributed by atoms with van der Waals surface area (Å²) in [6, 6.07) is 37.5. The third kappa shape index (κ3) is 9.22. The van der Waals surface area contributed by atoms with Gasteiger partial charge in [0.05, 0.1) is 0 Å². The van der Waals surface area contributed by atoms with E-state index in [4.69, 9.17) is 14.3 Å². The van der Waals surface area contributed by atoms with E-state index < -0.39 is 20.5 Å². The number of nitrogens with zero attached hydrogens (tertiary/aromatic N) is 1. The summed E-state index contributed by atoms with van der Waals surface area (Å²) in [5, 5.41) is 25.8. The predicted octanol–water partition coefficient (Wildman–Crippen LogP) is 6.43. The molecule has 254 valence electrons. The minimum absolute atomic E-state index is 0.131. The van der Waals surface area contributed by atoms with Crippen molar-refractivity contribution in [1.82, 2.24) is 10.2 Å². The van der Waals surface area contributed by atoms with Crippen LogP contribution in [0.2, 0.25) is 5.04 Å². The molecule has 0 aromatic heterocycles. The van der Waals surface area contributed by atoms with Crippen molar-refractivity contribution < 1.29 is 24.2 Å². The van der Waals surface area contributed by atoms with Crippen molar-refractivity contribution in [2.75, 3.05) is 32.8 Å². The molecule has 0 unspecified atom stereocenters. The normalized spacial score (nSPS) is 14.8. The molecule has 0 radical (unpaired) electrons. The second-order valence-electron chi connectivity index (χ2n) is 13.4. The monoisotopic (exact) mass is 684 g/mol. The number of carbonyl (C=O) groups is 1. The van der Waals surface area contributed by atoms with Crippen LogP contribution < -0.4 is 24.9 Å². The summed E-state index contributed by atoms with van der Waals surface area (Å²) in [4.78, 5) is 13.8. The number of amides is 1. The van der Waals surface area contributed by atoms with Gasteiger partial charge in [-0.1, -0.05) is 93.6 Å². The fourth-order valence-corrected chi connectivity index (χ4v) is 11.8. The number of ether oxygens (including phenoxy) is 1. The van der Waals surface area contributed by atoms with Crippen molar-refractivity contribution in [3.63, 3.8) is 0 Å². The lowest BCUT2D eigenvalue weighted by Crippen LogP contribution is -2.68. The van der Waals surface area contributed by atoms with Gasteiger partial charge in [-0.2, -0.15) is 0 Å². The van der Waals surface area contributed by atoms with Crippen LogP contribution in [0.4, 0.5) is 4.79 Å². The maximum absolute atomic E-state index is 11.1. The lowest BCUT2D eigenvalue weighted by molar-refractivity contribution is 0.106. The fraction of sp³-hybridized carbons (Fsp3) is 0.359. The molecule has 0 spiro atoms. The summed E-state index contributed by atoms with van der Waals surface area (Å²) in [5.41, 5.74) is 1.23. The van der Waals surface area contributed by atoms with E-state index in [1.54, 1.807) is 0 Å². The highest BCUT2D eigenvalue weighted by atomic mass is 32.2. The topological polar surface area (TPSA) is 91.3 Å². The molecule has 5 rings (SSSR count). The summed E-state index contributed by atoms with van der Waals surface area (Å²) in [7, 11) is -2.71. The molecular formula is C39H48N2O5SSi. The van der Waals surface area contributed by atoms with Gasteiger partial charge in [-0.05, 0) is 83.2 Å². The highest BCUT2D eigenvalue weighted by molar-refractivity contribution is 8.00. The first-order valence-corrected chi connectivity index (χ1v) is 19.6. The number of hydrogen-bond acceptors (Lipinski definition) is 6. The Morgan fingerprint density at radius 1 is 0.875 bits per heavy atom. The molecule has 1 amide bonds. The summed E-state index contributed by atoms with van der Waals surface area (Å²) in [5.74, 6) is 1.49. The molecule has 0 saturated carbocycles. The molecule has 1 fully saturated rings. The average molecular weight is 685 g/mol. The van der Waals surface area contributed by atoms with Gasteiger partial charge in [0, 0.05) is 29.8 Å². The number of hydrogen-bond donors (Lipinski definition) is 3. The molecular weight excluding hydrogens is 637 g/mol. The van der Waals surface area contributed by atoms with Gasteiger partial charge >= 0.3 is 14.4 Å². The zero-order chi connectivity index (χ0) is 34.0. The highest BCUT2D eigenvalue weighted by Crippen LogP contribution is 2.38.